The Bertz CT molecular complexity index is 1320. The summed E-state index contributed by atoms with van der Waals surface area (Å²) in [6, 6.07) is 14.1. The van der Waals surface area contributed by atoms with E-state index >= 15 is 0 Å². The monoisotopic (exact) mass is 447 g/mol. The third-order valence-electron chi connectivity index (χ3n) is 5.91. The molecule has 2 aromatic heterocycles. The molecule has 5 rings (SSSR count). The number of hydrogen-bond donors (Lipinski definition) is 1. The van der Waals surface area contributed by atoms with Crippen LogP contribution in [0.25, 0.3) is 16.2 Å². The van der Waals surface area contributed by atoms with Gasteiger partial charge in [-0.2, -0.15) is 8.97 Å². The number of carbonyl (C=O) groups excluding carboxylic acids is 1. The molecule has 1 aliphatic carbocycles. The largest absolute Gasteiger partial charge is 0.478 e. The van der Waals surface area contributed by atoms with Crippen molar-refractivity contribution in [2.24, 2.45) is 0 Å². The third kappa shape index (κ3) is 3.69. The van der Waals surface area contributed by atoms with Crippen LogP contribution in [0.5, 0.6) is 0 Å². The number of carbonyl (C=O) groups is 2. The van der Waals surface area contributed by atoms with Gasteiger partial charge in [0.2, 0.25) is 6.73 Å². The lowest BCUT2D eigenvalue weighted by atomic mass is 10.0. The maximum absolute atomic E-state index is 12.7. The first-order valence-electron chi connectivity index (χ1n) is 10.6. The summed E-state index contributed by atoms with van der Waals surface area (Å²) in [5, 5.41) is 9.05. The van der Waals surface area contributed by atoms with E-state index in [0.717, 1.165) is 29.1 Å². The maximum atomic E-state index is 12.7. The number of aromatic nitrogens is 2. The van der Waals surface area contributed by atoms with Crippen LogP contribution in [0.4, 0.5) is 0 Å². The lowest BCUT2D eigenvalue weighted by Gasteiger charge is -2.07. The molecular weight excluding hydrogens is 424 g/mol. The van der Waals surface area contributed by atoms with Crippen LogP contribution < -0.4 is 4.40 Å². The number of aryl methyl sites for hydroxylation is 3. The summed E-state index contributed by atoms with van der Waals surface area (Å²) in [4.78, 5) is 26.2. The minimum atomic E-state index is -1.03. The molecule has 1 aliphatic rings. The number of imidazole rings is 1. The molecule has 6 nitrogen and oxygen atoms in total. The summed E-state index contributed by atoms with van der Waals surface area (Å²) >= 11 is 1.77. The van der Waals surface area contributed by atoms with Crippen LogP contribution in [0.3, 0.4) is 0 Å². The fourth-order valence-electron chi connectivity index (χ4n) is 4.15. The van der Waals surface area contributed by atoms with Gasteiger partial charge >= 0.3 is 16.9 Å². The standard InChI is InChI=1S/C25H22N2O4S/c1-16-6-8-17(9-7-16)21-14-26-20-4-2-3-5-22(20)32-25(26)27(21)15-31-24(30)19-12-10-18(11-13-19)23(28)29/h6-14H,2-5,15H2,1H3/p+1. The molecule has 0 spiro atoms. The fraction of sp³-hybridized carbons (Fsp3) is 0.240. The van der Waals surface area contributed by atoms with Crippen molar-refractivity contribution < 1.29 is 23.8 Å². The number of nitrogens with zero attached hydrogens (tertiary/aromatic N) is 2. The van der Waals surface area contributed by atoms with Gasteiger partial charge in [-0.3, -0.25) is 0 Å². The molecule has 7 heteroatoms. The normalized spacial score (nSPS) is 13.2. The van der Waals surface area contributed by atoms with Gasteiger partial charge in [-0.15, -0.1) is 0 Å². The van der Waals surface area contributed by atoms with Crippen molar-refractivity contribution in [2.45, 2.75) is 39.3 Å². The van der Waals surface area contributed by atoms with E-state index in [0.29, 0.717) is 5.56 Å². The highest BCUT2D eigenvalue weighted by atomic mass is 32.1. The quantitative estimate of drug-likeness (QED) is 0.357. The first kappa shape index (κ1) is 20.5. The van der Waals surface area contributed by atoms with E-state index in [1.807, 2.05) is 0 Å². The highest BCUT2D eigenvalue weighted by Crippen LogP contribution is 2.30. The second-order valence-corrected chi connectivity index (χ2v) is 9.15. The first-order chi connectivity index (χ1) is 15.5. The van der Waals surface area contributed by atoms with Gasteiger partial charge in [-0.1, -0.05) is 41.2 Å². The van der Waals surface area contributed by atoms with E-state index in [9.17, 15) is 9.59 Å². The fourth-order valence-corrected chi connectivity index (χ4v) is 5.46. The van der Waals surface area contributed by atoms with E-state index in [2.05, 4.69) is 46.4 Å². The zero-order chi connectivity index (χ0) is 22.2. The molecule has 2 aromatic carbocycles. The van der Waals surface area contributed by atoms with Crippen molar-refractivity contribution in [3.05, 3.63) is 82.0 Å². The molecular formula is C25H23N2O4S+. The molecule has 0 saturated carbocycles. The van der Waals surface area contributed by atoms with Gasteiger partial charge in [0.1, 0.15) is 11.9 Å². The number of fused-ring (bicyclic) bond motifs is 3. The zero-order valence-electron chi connectivity index (χ0n) is 17.7. The van der Waals surface area contributed by atoms with E-state index in [-0.39, 0.29) is 12.3 Å². The van der Waals surface area contributed by atoms with Gasteiger partial charge in [0, 0.05) is 12.0 Å². The maximum Gasteiger partial charge on any atom is 0.349 e. The van der Waals surface area contributed by atoms with Crippen LogP contribution in [-0.2, 0) is 24.3 Å². The average molecular weight is 448 g/mol. The van der Waals surface area contributed by atoms with E-state index in [1.165, 1.54) is 53.2 Å². The number of hydrogen-bond acceptors (Lipinski definition) is 4. The average Bonchev–Trinajstić information content (AvgIpc) is 3.34. The summed E-state index contributed by atoms with van der Waals surface area (Å²) < 4.78 is 9.98. The number of ether oxygens (including phenoxy) is 1. The van der Waals surface area contributed by atoms with Gasteiger partial charge < -0.3 is 9.84 Å². The van der Waals surface area contributed by atoms with Crippen LogP contribution in [0.1, 0.15) is 49.7 Å². The Balaban J connectivity index is 1.49. The lowest BCUT2D eigenvalue weighted by Crippen LogP contribution is -2.24. The van der Waals surface area contributed by atoms with Crippen molar-refractivity contribution >= 4 is 28.2 Å². The van der Waals surface area contributed by atoms with Gasteiger partial charge in [-0.05, 0) is 50.5 Å². The minimum Gasteiger partial charge on any atom is -0.478 e. The Morgan fingerprint density at radius 2 is 1.72 bits per heavy atom. The molecule has 0 unspecified atom stereocenters. The van der Waals surface area contributed by atoms with Gasteiger partial charge in [0.05, 0.1) is 16.0 Å². The van der Waals surface area contributed by atoms with Crippen molar-refractivity contribution in [3.8, 4) is 11.3 Å². The molecule has 0 atom stereocenters. The van der Waals surface area contributed by atoms with E-state index in [1.54, 1.807) is 11.3 Å². The predicted molar refractivity (Wildman–Crippen MR) is 121 cm³/mol. The molecule has 2 heterocycles. The van der Waals surface area contributed by atoms with Crippen LogP contribution in [0.15, 0.2) is 54.7 Å². The second kappa shape index (κ2) is 8.24. The Morgan fingerprint density at radius 3 is 2.44 bits per heavy atom. The van der Waals surface area contributed by atoms with Crippen molar-refractivity contribution in [1.29, 1.82) is 0 Å². The van der Waals surface area contributed by atoms with E-state index < -0.39 is 11.9 Å². The number of esters is 1. The minimum absolute atomic E-state index is 0.0820. The summed E-state index contributed by atoms with van der Waals surface area (Å²) in [7, 11) is 0. The summed E-state index contributed by atoms with van der Waals surface area (Å²) in [6.45, 7) is 2.14. The molecule has 0 fully saturated rings. The van der Waals surface area contributed by atoms with Crippen LogP contribution in [-0.4, -0.2) is 21.6 Å². The SMILES string of the molecule is Cc1ccc(-c2c[n+]3c4c(sc3n2COC(=O)c2ccc(C(=O)O)cc2)CCCC4)cc1. The van der Waals surface area contributed by atoms with Crippen molar-refractivity contribution in [2.75, 3.05) is 0 Å². The van der Waals surface area contributed by atoms with Crippen molar-refractivity contribution in [3.63, 3.8) is 0 Å². The number of benzene rings is 2. The molecule has 0 radical (unpaired) electrons. The Kier molecular flexibility index (Phi) is 5.27. The Labute approximate surface area is 189 Å². The van der Waals surface area contributed by atoms with Crippen LogP contribution in [0.2, 0.25) is 0 Å². The number of carboxylic acids is 1. The van der Waals surface area contributed by atoms with Crippen LogP contribution >= 0.6 is 11.3 Å². The lowest BCUT2D eigenvalue weighted by molar-refractivity contribution is -0.516. The van der Waals surface area contributed by atoms with E-state index in [4.69, 9.17) is 9.84 Å². The predicted octanol–water partition coefficient (Wildman–Crippen LogP) is 4.66. The first-order valence-corrected chi connectivity index (χ1v) is 11.5. The highest BCUT2D eigenvalue weighted by molar-refractivity contribution is 7.16. The molecule has 0 aliphatic heterocycles. The highest BCUT2D eigenvalue weighted by Gasteiger charge is 2.29. The molecule has 0 bridgehead atoms. The molecule has 4 aromatic rings. The Hall–Kier alpha value is -3.45. The topological polar surface area (TPSA) is 72.6 Å². The molecule has 0 saturated heterocycles. The third-order valence-corrected chi connectivity index (χ3v) is 7.20. The summed E-state index contributed by atoms with van der Waals surface area (Å²) in [6.07, 6.45) is 6.71. The van der Waals surface area contributed by atoms with Gasteiger partial charge in [0.25, 0.3) is 0 Å². The molecule has 32 heavy (non-hydrogen) atoms. The molecule has 162 valence electrons. The summed E-state index contributed by atoms with van der Waals surface area (Å²) in [5.41, 5.74) is 5.08. The van der Waals surface area contributed by atoms with Gasteiger partial charge in [-0.25, -0.2) is 9.59 Å². The molecule has 1 N–H and O–H groups in total. The number of aromatic carboxylic acids is 1. The number of thiazole rings is 1. The smallest absolute Gasteiger partial charge is 0.349 e. The summed E-state index contributed by atoms with van der Waals surface area (Å²) in [5.74, 6) is -1.51. The number of rotatable bonds is 5. The Morgan fingerprint density at radius 1 is 1.03 bits per heavy atom. The number of carboxylic acid groups (broad SMARTS) is 1. The van der Waals surface area contributed by atoms with Crippen molar-refractivity contribution in [1.82, 2.24) is 4.57 Å². The zero-order valence-corrected chi connectivity index (χ0v) is 18.5. The van der Waals surface area contributed by atoms with Crippen LogP contribution in [0, 0.1) is 6.92 Å². The van der Waals surface area contributed by atoms with Gasteiger partial charge in [0.15, 0.2) is 5.69 Å². The second-order valence-electron chi connectivity index (χ2n) is 8.08. The molecule has 0 amide bonds.